The summed E-state index contributed by atoms with van der Waals surface area (Å²) in [7, 11) is 1.66. The van der Waals surface area contributed by atoms with Gasteiger partial charge in [-0.1, -0.05) is 30.0 Å². The summed E-state index contributed by atoms with van der Waals surface area (Å²) in [6.45, 7) is 2.84. The summed E-state index contributed by atoms with van der Waals surface area (Å²) in [6.07, 6.45) is 0. The molecule has 0 atom stereocenters. The monoisotopic (exact) mass is 281 g/mol. The van der Waals surface area contributed by atoms with Crippen LogP contribution in [0.2, 0.25) is 0 Å². The third kappa shape index (κ3) is 4.01. The van der Waals surface area contributed by atoms with Gasteiger partial charge in [-0.3, -0.25) is 0 Å². The number of benzene rings is 2. The molecule has 0 aliphatic carbocycles. The standard InChI is InChI=1S/C18H19NO2/c1-14-12-15(6-5-11-19)9-10-17(14)21-13-16-7-3-4-8-18(16)20-2/h3-4,7-10,12H,11,13,19H2,1-2H3. The highest BCUT2D eigenvalue weighted by molar-refractivity contribution is 5.44. The van der Waals surface area contributed by atoms with E-state index in [0.29, 0.717) is 13.2 Å². The van der Waals surface area contributed by atoms with Crippen LogP contribution in [0, 0.1) is 18.8 Å². The van der Waals surface area contributed by atoms with E-state index in [1.54, 1.807) is 7.11 Å². The van der Waals surface area contributed by atoms with Gasteiger partial charge in [-0.25, -0.2) is 0 Å². The van der Waals surface area contributed by atoms with Gasteiger partial charge in [0.15, 0.2) is 0 Å². The van der Waals surface area contributed by atoms with Gasteiger partial charge in [-0.2, -0.15) is 0 Å². The molecule has 0 aliphatic rings. The molecule has 0 aliphatic heterocycles. The summed E-state index contributed by atoms with van der Waals surface area (Å²) < 4.78 is 11.2. The molecule has 2 aromatic carbocycles. The van der Waals surface area contributed by atoms with E-state index in [2.05, 4.69) is 11.8 Å². The highest BCUT2D eigenvalue weighted by atomic mass is 16.5. The average molecular weight is 281 g/mol. The highest BCUT2D eigenvalue weighted by Crippen LogP contribution is 2.23. The molecule has 21 heavy (non-hydrogen) atoms. The maximum Gasteiger partial charge on any atom is 0.125 e. The van der Waals surface area contributed by atoms with Crippen molar-refractivity contribution in [3.63, 3.8) is 0 Å². The number of rotatable bonds is 4. The molecule has 0 saturated heterocycles. The Morgan fingerprint density at radius 2 is 1.90 bits per heavy atom. The molecular formula is C18H19NO2. The molecule has 0 saturated carbocycles. The van der Waals surface area contributed by atoms with Crippen molar-refractivity contribution in [1.82, 2.24) is 0 Å². The van der Waals surface area contributed by atoms with Gasteiger partial charge >= 0.3 is 0 Å². The van der Waals surface area contributed by atoms with Gasteiger partial charge < -0.3 is 15.2 Å². The number of nitrogens with two attached hydrogens (primary N) is 1. The van der Waals surface area contributed by atoms with Crippen LogP contribution in [-0.4, -0.2) is 13.7 Å². The lowest BCUT2D eigenvalue weighted by molar-refractivity contribution is 0.295. The Bertz CT molecular complexity index is 668. The Morgan fingerprint density at radius 1 is 1.10 bits per heavy atom. The van der Waals surface area contributed by atoms with E-state index < -0.39 is 0 Å². The summed E-state index contributed by atoms with van der Waals surface area (Å²) in [5, 5.41) is 0. The maximum atomic E-state index is 5.87. The first-order valence-corrected chi connectivity index (χ1v) is 6.79. The number of para-hydroxylation sites is 1. The second kappa shape index (κ2) is 7.37. The summed E-state index contributed by atoms with van der Waals surface area (Å²) in [5.74, 6) is 7.54. The van der Waals surface area contributed by atoms with E-state index in [-0.39, 0.29) is 0 Å². The van der Waals surface area contributed by atoms with Crippen LogP contribution < -0.4 is 15.2 Å². The third-order valence-electron chi connectivity index (χ3n) is 3.09. The van der Waals surface area contributed by atoms with Crippen molar-refractivity contribution in [3.05, 3.63) is 59.2 Å². The molecule has 0 aromatic heterocycles. The molecule has 108 valence electrons. The molecule has 2 N–H and O–H groups in total. The van der Waals surface area contributed by atoms with Crippen LogP contribution >= 0.6 is 0 Å². The Balaban J connectivity index is 2.10. The summed E-state index contributed by atoms with van der Waals surface area (Å²) in [5.41, 5.74) is 8.39. The summed E-state index contributed by atoms with van der Waals surface area (Å²) >= 11 is 0. The minimum atomic E-state index is 0.366. The summed E-state index contributed by atoms with van der Waals surface area (Å²) in [6, 6.07) is 13.7. The normalized spacial score (nSPS) is 9.67. The quantitative estimate of drug-likeness (QED) is 0.876. The zero-order chi connectivity index (χ0) is 15.1. The Morgan fingerprint density at radius 3 is 2.62 bits per heavy atom. The molecule has 3 nitrogen and oxygen atoms in total. The van der Waals surface area contributed by atoms with Gasteiger partial charge in [-0.05, 0) is 36.8 Å². The van der Waals surface area contributed by atoms with E-state index >= 15 is 0 Å². The first-order valence-electron chi connectivity index (χ1n) is 6.79. The number of aryl methyl sites for hydroxylation is 1. The minimum absolute atomic E-state index is 0.366. The van der Waals surface area contributed by atoms with E-state index in [1.807, 2.05) is 49.4 Å². The van der Waals surface area contributed by atoms with Crippen molar-refractivity contribution in [2.75, 3.05) is 13.7 Å². The number of ether oxygens (including phenoxy) is 2. The predicted molar refractivity (Wildman–Crippen MR) is 84.4 cm³/mol. The number of hydrogen-bond donors (Lipinski definition) is 1. The van der Waals surface area contributed by atoms with Gasteiger partial charge in [0, 0.05) is 11.1 Å². The van der Waals surface area contributed by atoms with Crippen molar-refractivity contribution in [2.45, 2.75) is 13.5 Å². The van der Waals surface area contributed by atoms with Crippen molar-refractivity contribution in [3.8, 4) is 23.3 Å². The second-order valence-corrected chi connectivity index (χ2v) is 4.59. The Kier molecular flexibility index (Phi) is 5.25. The molecule has 2 aromatic rings. The third-order valence-corrected chi connectivity index (χ3v) is 3.09. The fraction of sp³-hybridized carbons (Fsp3) is 0.222. The molecular weight excluding hydrogens is 262 g/mol. The van der Waals surface area contributed by atoms with Crippen molar-refractivity contribution in [1.29, 1.82) is 0 Å². The van der Waals surface area contributed by atoms with Crippen LogP contribution in [0.1, 0.15) is 16.7 Å². The number of methoxy groups -OCH3 is 1. The van der Waals surface area contributed by atoms with Crippen LogP contribution in [0.4, 0.5) is 0 Å². The number of hydrogen-bond acceptors (Lipinski definition) is 3. The van der Waals surface area contributed by atoms with Crippen molar-refractivity contribution >= 4 is 0 Å². The van der Waals surface area contributed by atoms with E-state index in [1.165, 1.54) is 0 Å². The predicted octanol–water partition coefficient (Wildman–Crippen LogP) is 2.89. The fourth-order valence-corrected chi connectivity index (χ4v) is 2.02. The molecule has 2 rings (SSSR count). The van der Waals surface area contributed by atoms with Gasteiger partial charge in [0.2, 0.25) is 0 Å². The first-order chi connectivity index (χ1) is 10.2. The Labute approximate surface area is 125 Å². The lowest BCUT2D eigenvalue weighted by Gasteiger charge is -2.12. The SMILES string of the molecule is COc1ccccc1COc1ccc(C#CCN)cc1C. The van der Waals surface area contributed by atoms with Gasteiger partial charge in [-0.15, -0.1) is 0 Å². The molecule has 0 fully saturated rings. The van der Waals surface area contributed by atoms with Crippen LogP contribution in [0.15, 0.2) is 42.5 Å². The van der Waals surface area contributed by atoms with Crippen LogP contribution in [0.5, 0.6) is 11.5 Å². The molecule has 0 radical (unpaired) electrons. The zero-order valence-electron chi connectivity index (χ0n) is 12.3. The molecule has 0 amide bonds. The van der Waals surface area contributed by atoms with Crippen LogP contribution in [0.25, 0.3) is 0 Å². The smallest absolute Gasteiger partial charge is 0.125 e. The van der Waals surface area contributed by atoms with Crippen molar-refractivity contribution < 1.29 is 9.47 Å². The molecule has 0 unspecified atom stereocenters. The van der Waals surface area contributed by atoms with E-state index in [4.69, 9.17) is 15.2 Å². The maximum absolute atomic E-state index is 5.87. The van der Waals surface area contributed by atoms with Gasteiger partial charge in [0.1, 0.15) is 18.1 Å². The van der Waals surface area contributed by atoms with Gasteiger partial charge in [0.05, 0.1) is 13.7 Å². The topological polar surface area (TPSA) is 44.5 Å². The lowest BCUT2D eigenvalue weighted by atomic mass is 10.1. The van der Waals surface area contributed by atoms with E-state index in [0.717, 1.165) is 28.2 Å². The molecule has 0 heterocycles. The van der Waals surface area contributed by atoms with Crippen LogP contribution in [0.3, 0.4) is 0 Å². The minimum Gasteiger partial charge on any atom is -0.496 e. The molecule has 0 bridgehead atoms. The second-order valence-electron chi connectivity index (χ2n) is 4.59. The largest absolute Gasteiger partial charge is 0.496 e. The van der Waals surface area contributed by atoms with Gasteiger partial charge in [0.25, 0.3) is 0 Å². The van der Waals surface area contributed by atoms with E-state index in [9.17, 15) is 0 Å². The molecule has 0 spiro atoms. The molecule has 3 heteroatoms. The summed E-state index contributed by atoms with van der Waals surface area (Å²) in [4.78, 5) is 0. The fourth-order valence-electron chi connectivity index (χ4n) is 2.02. The van der Waals surface area contributed by atoms with Crippen LogP contribution in [-0.2, 0) is 6.61 Å². The first kappa shape index (κ1) is 15.0. The van der Waals surface area contributed by atoms with Crippen molar-refractivity contribution in [2.24, 2.45) is 5.73 Å². The highest BCUT2D eigenvalue weighted by Gasteiger charge is 2.05. The average Bonchev–Trinajstić information content (AvgIpc) is 2.52. The zero-order valence-corrected chi connectivity index (χ0v) is 12.3. The lowest BCUT2D eigenvalue weighted by Crippen LogP contribution is -2.00. The Hall–Kier alpha value is -2.44.